The molecular formula is C15H17Cl. The Bertz CT molecular complexity index is 425. The molecule has 0 saturated carbocycles. The largest absolute Gasteiger partial charge is 0.0990 e. The maximum Gasteiger partial charge on any atom is 0.0409 e. The number of halogens is 1. The summed E-state index contributed by atoms with van der Waals surface area (Å²) in [5.41, 5.74) is 3.66. The molecule has 0 nitrogen and oxygen atoms in total. The second kappa shape index (κ2) is 6.34. The van der Waals surface area contributed by atoms with E-state index in [1.165, 1.54) is 16.7 Å². The highest BCUT2D eigenvalue weighted by molar-refractivity contribution is 6.30. The first-order valence-electron chi connectivity index (χ1n) is 5.47. The predicted molar refractivity (Wildman–Crippen MR) is 73.8 cm³/mol. The monoisotopic (exact) mass is 232 g/mol. The second-order valence-electron chi connectivity index (χ2n) is 3.51. The zero-order chi connectivity index (χ0) is 12.0. The van der Waals surface area contributed by atoms with Gasteiger partial charge >= 0.3 is 0 Å². The zero-order valence-corrected chi connectivity index (χ0v) is 10.6. The lowest BCUT2D eigenvalue weighted by atomic mass is 9.97. The molecule has 0 spiro atoms. The Morgan fingerprint density at radius 1 is 1.44 bits per heavy atom. The average molecular weight is 233 g/mol. The molecule has 0 atom stereocenters. The van der Waals surface area contributed by atoms with Crippen LogP contribution in [0.25, 0.3) is 5.57 Å². The van der Waals surface area contributed by atoms with E-state index in [4.69, 9.17) is 11.6 Å². The van der Waals surface area contributed by atoms with E-state index in [2.05, 4.69) is 25.6 Å². The summed E-state index contributed by atoms with van der Waals surface area (Å²) in [6.07, 6.45) is 8.92. The van der Waals surface area contributed by atoms with E-state index in [1.54, 1.807) is 0 Å². The first-order valence-corrected chi connectivity index (χ1v) is 5.85. The summed E-state index contributed by atoms with van der Waals surface area (Å²) >= 11 is 6.00. The molecule has 0 heterocycles. The van der Waals surface area contributed by atoms with Crippen molar-refractivity contribution in [2.24, 2.45) is 0 Å². The Hall–Kier alpha value is -1.27. The van der Waals surface area contributed by atoms with Crippen LogP contribution >= 0.6 is 11.6 Å². The lowest BCUT2D eigenvalue weighted by molar-refractivity contribution is 1.13. The van der Waals surface area contributed by atoms with Gasteiger partial charge in [0.15, 0.2) is 0 Å². The molecule has 0 aromatic heterocycles. The van der Waals surface area contributed by atoms with Gasteiger partial charge < -0.3 is 0 Å². The van der Waals surface area contributed by atoms with Crippen molar-refractivity contribution < 1.29 is 0 Å². The Kier molecular flexibility index (Phi) is 5.07. The van der Waals surface area contributed by atoms with Gasteiger partial charge in [-0.05, 0) is 42.2 Å². The van der Waals surface area contributed by atoms with Gasteiger partial charge in [0.1, 0.15) is 0 Å². The van der Waals surface area contributed by atoms with Gasteiger partial charge in [0.05, 0.1) is 0 Å². The van der Waals surface area contributed by atoms with Crippen LogP contribution in [0.1, 0.15) is 25.0 Å². The van der Waals surface area contributed by atoms with E-state index in [9.17, 15) is 0 Å². The molecule has 0 N–H and O–H groups in total. The SMILES string of the molecule is C=C/C=C(\C=C/C)c1ccc(Cl)cc1CC. The molecule has 0 fully saturated rings. The van der Waals surface area contributed by atoms with Crippen molar-refractivity contribution >= 4 is 17.2 Å². The fourth-order valence-electron chi connectivity index (χ4n) is 1.68. The van der Waals surface area contributed by atoms with Crippen LogP contribution in [0.2, 0.25) is 5.02 Å². The van der Waals surface area contributed by atoms with Gasteiger partial charge in [-0.2, -0.15) is 0 Å². The quantitative estimate of drug-likeness (QED) is 0.638. The summed E-state index contributed by atoms with van der Waals surface area (Å²) < 4.78 is 0. The van der Waals surface area contributed by atoms with E-state index < -0.39 is 0 Å². The lowest BCUT2D eigenvalue weighted by Crippen LogP contribution is -1.90. The predicted octanol–water partition coefficient (Wildman–Crippen LogP) is 5.05. The minimum atomic E-state index is 0.791. The van der Waals surface area contributed by atoms with Crippen molar-refractivity contribution in [3.63, 3.8) is 0 Å². The summed E-state index contributed by atoms with van der Waals surface area (Å²) in [6.45, 7) is 7.89. The van der Waals surface area contributed by atoms with Crippen LogP contribution in [0.5, 0.6) is 0 Å². The Morgan fingerprint density at radius 3 is 2.75 bits per heavy atom. The highest BCUT2D eigenvalue weighted by Gasteiger charge is 2.04. The first-order chi connectivity index (χ1) is 7.72. The summed E-state index contributed by atoms with van der Waals surface area (Å²) in [5.74, 6) is 0. The van der Waals surface area contributed by atoms with E-state index in [0.29, 0.717) is 0 Å². The molecule has 0 unspecified atom stereocenters. The third kappa shape index (κ3) is 3.11. The number of aryl methyl sites for hydroxylation is 1. The molecule has 1 aromatic rings. The zero-order valence-electron chi connectivity index (χ0n) is 9.83. The van der Waals surface area contributed by atoms with Gasteiger partial charge in [0, 0.05) is 5.02 Å². The van der Waals surface area contributed by atoms with Crippen LogP contribution in [0, 0.1) is 0 Å². The Balaban J connectivity index is 3.28. The normalized spacial score (nSPS) is 12.1. The molecule has 1 heteroatoms. The molecule has 1 aromatic carbocycles. The van der Waals surface area contributed by atoms with Crippen molar-refractivity contribution in [2.45, 2.75) is 20.3 Å². The topological polar surface area (TPSA) is 0 Å². The number of benzene rings is 1. The Morgan fingerprint density at radius 2 is 2.19 bits per heavy atom. The van der Waals surface area contributed by atoms with Gasteiger partial charge in [-0.25, -0.2) is 0 Å². The van der Waals surface area contributed by atoms with Crippen molar-refractivity contribution in [1.29, 1.82) is 0 Å². The molecule has 0 aliphatic carbocycles. The summed E-state index contributed by atoms with van der Waals surface area (Å²) in [5, 5.41) is 0.791. The third-order valence-corrected chi connectivity index (χ3v) is 2.64. The summed E-state index contributed by atoms with van der Waals surface area (Å²) in [4.78, 5) is 0. The maximum absolute atomic E-state index is 6.00. The van der Waals surface area contributed by atoms with Crippen LogP contribution < -0.4 is 0 Å². The standard InChI is InChI=1S/C15H17Cl/c1-4-7-13(8-5-2)15-10-9-14(16)11-12(15)6-3/h4-5,7-11H,1,6H2,2-3H3/b8-5-,13-7+. The highest BCUT2D eigenvalue weighted by Crippen LogP contribution is 2.24. The van der Waals surface area contributed by atoms with Crippen LogP contribution in [-0.2, 0) is 6.42 Å². The van der Waals surface area contributed by atoms with Gasteiger partial charge in [0.2, 0.25) is 0 Å². The summed E-state index contributed by atoms with van der Waals surface area (Å²) in [7, 11) is 0. The smallest absolute Gasteiger partial charge is 0.0409 e. The molecule has 16 heavy (non-hydrogen) atoms. The van der Waals surface area contributed by atoms with E-state index in [-0.39, 0.29) is 0 Å². The van der Waals surface area contributed by atoms with Gasteiger partial charge in [0.25, 0.3) is 0 Å². The van der Waals surface area contributed by atoms with Gasteiger partial charge in [-0.3, -0.25) is 0 Å². The van der Waals surface area contributed by atoms with Gasteiger partial charge in [-0.1, -0.05) is 55.5 Å². The van der Waals surface area contributed by atoms with Crippen LogP contribution in [0.15, 0.2) is 49.1 Å². The van der Waals surface area contributed by atoms with Crippen molar-refractivity contribution in [3.05, 3.63) is 65.2 Å². The average Bonchev–Trinajstić information content (AvgIpc) is 2.28. The molecule has 0 radical (unpaired) electrons. The van der Waals surface area contributed by atoms with Crippen molar-refractivity contribution in [2.75, 3.05) is 0 Å². The number of rotatable bonds is 4. The van der Waals surface area contributed by atoms with Crippen LogP contribution in [0.3, 0.4) is 0 Å². The van der Waals surface area contributed by atoms with Crippen LogP contribution in [-0.4, -0.2) is 0 Å². The molecule has 0 saturated heterocycles. The van der Waals surface area contributed by atoms with E-state index >= 15 is 0 Å². The fourth-order valence-corrected chi connectivity index (χ4v) is 1.87. The van der Waals surface area contributed by atoms with Crippen molar-refractivity contribution in [1.82, 2.24) is 0 Å². The molecule has 1 rings (SSSR count). The number of hydrogen-bond donors (Lipinski definition) is 0. The van der Waals surface area contributed by atoms with E-state index in [1.807, 2.05) is 37.3 Å². The summed E-state index contributed by atoms with van der Waals surface area (Å²) in [6, 6.07) is 6.02. The third-order valence-electron chi connectivity index (χ3n) is 2.40. The molecule has 0 bridgehead atoms. The molecule has 84 valence electrons. The van der Waals surface area contributed by atoms with Gasteiger partial charge in [-0.15, -0.1) is 0 Å². The van der Waals surface area contributed by atoms with Crippen molar-refractivity contribution in [3.8, 4) is 0 Å². The maximum atomic E-state index is 6.00. The molecule has 0 aliphatic heterocycles. The lowest BCUT2D eigenvalue weighted by Gasteiger charge is -2.09. The Labute approximate surface area is 103 Å². The molecular weight excluding hydrogens is 216 g/mol. The molecule has 0 aliphatic rings. The van der Waals surface area contributed by atoms with E-state index in [0.717, 1.165) is 11.4 Å². The minimum Gasteiger partial charge on any atom is -0.0990 e. The minimum absolute atomic E-state index is 0.791. The van der Waals surface area contributed by atoms with Crippen LogP contribution in [0.4, 0.5) is 0 Å². The first kappa shape index (κ1) is 12.8. The number of allylic oxidation sites excluding steroid dienone is 5. The fraction of sp³-hybridized carbons (Fsp3) is 0.200. The highest BCUT2D eigenvalue weighted by atomic mass is 35.5. The molecule has 0 amide bonds. The second-order valence-corrected chi connectivity index (χ2v) is 3.95. The number of hydrogen-bond acceptors (Lipinski definition) is 0.